The van der Waals surface area contributed by atoms with Gasteiger partial charge < -0.3 is 14.2 Å². The molecule has 11 rings (SSSR count). The molecule has 2 bridgehead atoms. The van der Waals surface area contributed by atoms with Gasteiger partial charge in [0.2, 0.25) is 0 Å². The molecule has 5 aliphatic rings. The summed E-state index contributed by atoms with van der Waals surface area (Å²) >= 11 is 0. The molecule has 1 aromatic heterocycles. The minimum atomic E-state index is -0.122. The highest BCUT2D eigenvalue weighted by Crippen LogP contribution is 2.62. The third-order valence-corrected chi connectivity index (χ3v) is 17.8. The first-order chi connectivity index (χ1) is 30.9. The summed E-state index contributed by atoms with van der Waals surface area (Å²) in [5.74, 6) is 0. The maximum absolute atomic E-state index is 7.68. The highest BCUT2D eigenvalue weighted by Gasteiger charge is 2.54. The van der Waals surface area contributed by atoms with Crippen LogP contribution in [-0.2, 0) is 43.3 Å². The molecule has 5 aromatic carbocycles. The predicted molar refractivity (Wildman–Crippen MR) is 289 cm³/mol. The minimum Gasteiger partial charge on any atom is -0.468 e. The Morgan fingerprint density at radius 1 is 0.463 bits per heavy atom. The van der Waals surface area contributed by atoms with Gasteiger partial charge in [0.25, 0.3) is 6.71 Å². The van der Waals surface area contributed by atoms with Crippen LogP contribution in [0.4, 0.5) is 34.1 Å². The van der Waals surface area contributed by atoms with Crippen LogP contribution in [0, 0.1) is 0 Å². The standard InChI is InChI=1S/C63H77BN2O/c1-56(2,3)37-19-22-49-48(30-37)64-53-50(65(49)42-28-38(57(4,5)6)27-39(29-42)58(7,8)9)31-40(59(10,11)12)32-51(53)66(41-20-21-44-45(33-41)61(15,16)24-23-60(44,13)14)54-43-34-46-47(35-52(43)67-55(54)64)63(18)26-25-62(46,17)36-63/h19-22,27-35H,23-26,36H2,1-18H3/t62?,63-/m1/s1. The Balaban J connectivity index is 1.30. The van der Waals surface area contributed by atoms with E-state index in [4.69, 9.17) is 4.42 Å². The highest BCUT2D eigenvalue weighted by atomic mass is 16.3. The lowest BCUT2D eigenvalue weighted by molar-refractivity contribution is 0.332. The van der Waals surface area contributed by atoms with Crippen molar-refractivity contribution >= 4 is 68.4 Å². The average Bonchev–Trinajstić information content (AvgIpc) is 3.83. The van der Waals surface area contributed by atoms with Gasteiger partial charge in [-0.2, -0.15) is 0 Å². The van der Waals surface area contributed by atoms with Crippen LogP contribution in [0.2, 0.25) is 0 Å². The molecule has 0 saturated heterocycles. The predicted octanol–water partition coefficient (Wildman–Crippen LogP) is 15.8. The second-order valence-corrected chi connectivity index (χ2v) is 28.1. The van der Waals surface area contributed by atoms with E-state index in [-0.39, 0.29) is 50.0 Å². The molecule has 2 atom stereocenters. The summed E-state index contributed by atoms with van der Waals surface area (Å²) in [7, 11) is 0. The van der Waals surface area contributed by atoms with Crippen molar-refractivity contribution in [2.24, 2.45) is 0 Å². The minimum absolute atomic E-state index is 0.0391. The monoisotopic (exact) mass is 889 g/mol. The molecule has 0 N–H and O–H groups in total. The van der Waals surface area contributed by atoms with Crippen LogP contribution in [0.1, 0.15) is 201 Å². The zero-order valence-corrected chi connectivity index (χ0v) is 44.4. The van der Waals surface area contributed by atoms with Crippen molar-refractivity contribution in [2.75, 3.05) is 9.80 Å². The van der Waals surface area contributed by atoms with Crippen LogP contribution in [0.5, 0.6) is 0 Å². The van der Waals surface area contributed by atoms with Gasteiger partial charge in [0.05, 0.1) is 11.3 Å². The first-order valence-corrected chi connectivity index (χ1v) is 25.8. The van der Waals surface area contributed by atoms with Crippen molar-refractivity contribution in [1.29, 1.82) is 0 Å². The van der Waals surface area contributed by atoms with Crippen LogP contribution in [0.25, 0.3) is 11.0 Å². The molecule has 1 fully saturated rings. The Kier molecular flexibility index (Phi) is 9.05. The van der Waals surface area contributed by atoms with E-state index >= 15 is 0 Å². The number of benzene rings is 5. The van der Waals surface area contributed by atoms with Crippen molar-refractivity contribution in [3.05, 3.63) is 123 Å². The molecule has 3 aliphatic carbocycles. The zero-order valence-electron chi connectivity index (χ0n) is 44.4. The lowest BCUT2D eigenvalue weighted by Crippen LogP contribution is -2.61. The molecule has 0 spiro atoms. The number of rotatable bonds is 2. The number of hydrogen-bond donors (Lipinski definition) is 0. The molecule has 3 heterocycles. The molecule has 0 amide bonds. The van der Waals surface area contributed by atoms with Crippen LogP contribution >= 0.6 is 0 Å². The van der Waals surface area contributed by atoms with Gasteiger partial charge in [0.15, 0.2) is 0 Å². The summed E-state index contributed by atoms with van der Waals surface area (Å²) in [6.45, 7) is 43.2. The van der Waals surface area contributed by atoms with Crippen LogP contribution in [0.15, 0.2) is 83.3 Å². The summed E-state index contributed by atoms with van der Waals surface area (Å²) in [5.41, 5.74) is 23.9. The average molecular weight is 889 g/mol. The fourth-order valence-electron chi connectivity index (χ4n) is 13.3. The van der Waals surface area contributed by atoms with Crippen molar-refractivity contribution in [3.8, 4) is 0 Å². The maximum Gasteiger partial charge on any atom is 0.297 e. The number of fused-ring (bicyclic) bond motifs is 12. The SMILES string of the molecule is CC(C)(C)c1cc(N2c3ccc(C(C)(C)C)cc3B3c4oc5cc6c(cc5c4N(c4ccc5c(c4)C(C)(C)CCC5(C)C)c4cc(C(C)(C)C)cc2c43)C2(C)CC[C@]6(C)C2)cc(C(C)(C)C)c1. The number of anilines is 6. The molecule has 67 heavy (non-hydrogen) atoms. The molecule has 1 unspecified atom stereocenters. The fraction of sp³-hybridized carbons (Fsp3) is 0.492. The van der Waals surface area contributed by atoms with E-state index < -0.39 is 0 Å². The first-order valence-electron chi connectivity index (χ1n) is 25.8. The third kappa shape index (κ3) is 6.56. The largest absolute Gasteiger partial charge is 0.468 e. The van der Waals surface area contributed by atoms with Crippen molar-refractivity contribution in [1.82, 2.24) is 0 Å². The lowest BCUT2D eigenvalue weighted by Gasteiger charge is -2.45. The van der Waals surface area contributed by atoms with Crippen LogP contribution in [0.3, 0.4) is 0 Å². The summed E-state index contributed by atoms with van der Waals surface area (Å²) in [4.78, 5) is 5.32. The number of nitrogens with zero attached hydrogens (tertiary/aromatic N) is 2. The van der Waals surface area contributed by atoms with Gasteiger partial charge in [-0.15, -0.1) is 0 Å². The number of hydrogen-bond acceptors (Lipinski definition) is 3. The van der Waals surface area contributed by atoms with Gasteiger partial charge >= 0.3 is 0 Å². The molecular weight excluding hydrogens is 812 g/mol. The summed E-state index contributed by atoms with van der Waals surface area (Å²) in [5, 5.41) is 1.25. The summed E-state index contributed by atoms with van der Waals surface area (Å²) in [6.07, 6.45) is 6.08. The second-order valence-electron chi connectivity index (χ2n) is 28.1. The fourth-order valence-corrected chi connectivity index (χ4v) is 13.3. The maximum atomic E-state index is 7.68. The molecule has 348 valence electrons. The Labute approximate surface area is 404 Å². The Hall–Kier alpha value is -4.70. The second kappa shape index (κ2) is 13.5. The van der Waals surface area contributed by atoms with Crippen molar-refractivity contribution < 1.29 is 4.42 Å². The molecule has 1 saturated carbocycles. The van der Waals surface area contributed by atoms with Crippen molar-refractivity contribution in [2.45, 2.75) is 200 Å². The van der Waals surface area contributed by atoms with E-state index in [0.29, 0.717) is 0 Å². The normalized spacial score (nSPS) is 22.4. The quantitative estimate of drug-likeness (QED) is 0.161. The van der Waals surface area contributed by atoms with Gasteiger partial charge in [-0.25, -0.2) is 0 Å². The Morgan fingerprint density at radius 2 is 1.00 bits per heavy atom. The molecule has 2 aliphatic heterocycles. The van der Waals surface area contributed by atoms with E-state index in [2.05, 4.69) is 213 Å². The van der Waals surface area contributed by atoms with Gasteiger partial charge in [0.1, 0.15) is 5.58 Å². The number of furan rings is 1. The molecular formula is C63H77BN2O. The van der Waals surface area contributed by atoms with Gasteiger partial charge in [-0.05, 0) is 185 Å². The molecule has 4 heteroatoms. The highest BCUT2D eigenvalue weighted by molar-refractivity contribution is 7.00. The third-order valence-electron chi connectivity index (χ3n) is 17.8. The van der Waals surface area contributed by atoms with E-state index in [0.717, 1.165) is 11.2 Å². The Bertz CT molecular complexity index is 3060. The van der Waals surface area contributed by atoms with Gasteiger partial charge in [-0.1, -0.05) is 149 Å². The van der Waals surface area contributed by atoms with E-state index in [9.17, 15) is 0 Å². The molecule has 3 nitrogen and oxygen atoms in total. The van der Waals surface area contributed by atoms with Crippen LogP contribution < -0.4 is 26.4 Å². The van der Waals surface area contributed by atoms with Gasteiger partial charge in [0, 0.05) is 33.8 Å². The van der Waals surface area contributed by atoms with E-state index in [1.54, 1.807) is 5.56 Å². The van der Waals surface area contributed by atoms with Gasteiger partial charge in [-0.3, -0.25) is 0 Å². The molecule has 6 aromatic rings. The zero-order chi connectivity index (χ0) is 48.1. The van der Waals surface area contributed by atoms with E-state index in [1.165, 1.54) is 121 Å². The summed E-state index contributed by atoms with van der Waals surface area (Å²) < 4.78 is 7.68. The lowest BCUT2D eigenvalue weighted by atomic mass is 9.35. The topological polar surface area (TPSA) is 19.6 Å². The van der Waals surface area contributed by atoms with Crippen molar-refractivity contribution in [3.63, 3.8) is 0 Å². The smallest absolute Gasteiger partial charge is 0.297 e. The van der Waals surface area contributed by atoms with Crippen LogP contribution in [-0.4, -0.2) is 6.71 Å². The molecule has 0 radical (unpaired) electrons. The Morgan fingerprint density at radius 3 is 1.58 bits per heavy atom. The summed E-state index contributed by atoms with van der Waals surface area (Å²) in [6, 6.07) is 32.6. The first kappa shape index (κ1) is 44.8. The van der Waals surface area contributed by atoms with E-state index in [1.807, 2.05) is 0 Å².